The van der Waals surface area contributed by atoms with E-state index >= 15 is 0 Å². The van der Waals surface area contributed by atoms with Crippen LogP contribution >= 0.6 is 23.4 Å². The predicted molar refractivity (Wildman–Crippen MR) is 194 cm³/mol. The highest BCUT2D eigenvalue weighted by Crippen LogP contribution is 2.54. The Morgan fingerprint density at radius 1 is 1.00 bits per heavy atom. The highest BCUT2D eigenvalue weighted by atomic mass is 35.5. The summed E-state index contributed by atoms with van der Waals surface area (Å²) in [6.45, 7) is 19.4. The van der Waals surface area contributed by atoms with Crippen LogP contribution in [0.5, 0.6) is 0 Å². The molecule has 1 unspecified atom stereocenters. The van der Waals surface area contributed by atoms with E-state index in [0.29, 0.717) is 16.5 Å². The quantitative estimate of drug-likeness (QED) is 0.0936. The van der Waals surface area contributed by atoms with Gasteiger partial charge in [-0.25, -0.2) is 0 Å². The summed E-state index contributed by atoms with van der Waals surface area (Å²) in [6.07, 6.45) is 14.6. The molecular formula is C41H51ClS. The summed E-state index contributed by atoms with van der Waals surface area (Å²) in [6, 6.07) is 23.0. The standard InChI is InChI=1S/C41H51ClS/c1-8-12-38(40(5,6)7)34(9-2)15-10-13-31-14-11-16-36(23-31)39(43-29-41(21-22-41)27-30(3)4)26-32-17-19-35-20-18-33(28-42)25-37(35)24-32/h8-9,11-12,14,16-20,23-25,39H,1,3,10,13,15,21-22,26-29H2,2,4-7H3/b34-9-,38-12+. The van der Waals surface area contributed by atoms with Crippen molar-refractivity contribution < 1.29 is 0 Å². The van der Waals surface area contributed by atoms with E-state index in [1.54, 1.807) is 0 Å². The number of allylic oxidation sites excluding steroid dienone is 6. The Labute approximate surface area is 271 Å². The molecule has 0 bridgehead atoms. The fourth-order valence-corrected chi connectivity index (χ4v) is 8.09. The number of halogens is 1. The highest BCUT2D eigenvalue weighted by Gasteiger charge is 2.42. The maximum atomic E-state index is 6.16. The molecule has 0 nitrogen and oxygen atoms in total. The fourth-order valence-electron chi connectivity index (χ4n) is 6.33. The van der Waals surface area contributed by atoms with Crippen molar-refractivity contribution in [3.8, 4) is 0 Å². The van der Waals surface area contributed by atoms with E-state index < -0.39 is 0 Å². The summed E-state index contributed by atoms with van der Waals surface area (Å²) < 4.78 is 0. The number of alkyl halides is 1. The van der Waals surface area contributed by atoms with Crippen LogP contribution in [0.25, 0.3) is 10.8 Å². The number of thioether (sulfide) groups is 1. The zero-order valence-corrected chi connectivity index (χ0v) is 28.7. The van der Waals surface area contributed by atoms with Gasteiger partial charge >= 0.3 is 0 Å². The van der Waals surface area contributed by atoms with Crippen molar-refractivity contribution in [2.45, 2.75) is 90.7 Å². The minimum atomic E-state index is 0.109. The SMILES string of the molecule is C=C/C=C(\C(=C/C)CCCc1cccc(C(Cc2ccc3ccc(CCl)cc3c2)SCC2(CC(=C)C)CC2)c1)C(C)(C)C. The Bertz CT molecular complexity index is 1480. The van der Waals surface area contributed by atoms with Gasteiger partial charge in [0.1, 0.15) is 0 Å². The molecule has 1 aliphatic rings. The van der Waals surface area contributed by atoms with Crippen LogP contribution in [0.15, 0.2) is 109 Å². The largest absolute Gasteiger partial charge is 0.153 e. The topological polar surface area (TPSA) is 0 Å². The Morgan fingerprint density at radius 3 is 2.35 bits per heavy atom. The molecule has 0 aromatic heterocycles. The summed E-state index contributed by atoms with van der Waals surface area (Å²) in [5, 5.41) is 2.99. The maximum Gasteiger partial charge on any atom is 0.0474 e. The van der Waals surface area contributed by atoms with E-state index in [9.17, 15) is 0 Å². The van der Waals surface area contributed by atoms with E-state index in [1.807, 2.05) is 6.08 Å². The molecule has 0 N–H and O–H groups in total. The smallest absolute Gasteiger partial charge is 0.0474 e. The summed E-state index contributed by atoms with van der Waals surface area (Å²) in [5.41, 5.74) is 10.2. The van der Waals surface area contributed by atoms with Gasteiger partial charge < -0.3 is 0 Å². The molecule has 3 aromatic carbocycles. The van der Waals surface area contributed by atoms with E-state index in [1.165, 1.54) is 68.3 Å². The predicted octanol–water partition coefficient (Wildman–Crippen LogP) is 12.8. The number of hydrogen-bond acceptors (Lipinski definition) is 1. The van der Waals surface area contributed by atoms with E-state index in [2.05, 4.69) is 132 Å². The van der Waals surface area contributed by atoms with Crippen LogP contribution in [0, 0.1) is 10.8 Å². The van der Waals surface area contributed by atoms with Gasteiger partial charge in [0.25, 0.3) is 0 Å². The second-order valence-corrected chi connectivity index (χ2v) is 15.2. The summed E-state index contributed by atoms with van der Waals surface area (Å²) in [4.78, 5) is 0. The lowest BCUT2D eigenvalue weighted by Crippen LogP contribution is -2.12. The number of hydrogen-bond donors (Lipinski definition) is 0. The van der Waals surface area contributed by atoms with Crippen molar-refractivity contribution >= 4 is 34.1 Å². The lowest BCUT2D eigenvalue weighted by Gasteiger charge is -2.25. The van der Waals surface area contributed by atoms with Crippen LogP contribution in [0.2, 0.25) is 0 Å². The van der Waals surface area contributed by atoms with Crippen LogP contribution < -0.4 is 0 Å². The molecule has 1 atom stereocenters. The van der Waals surface area contributed by atoms with Gasteiger partial charge in [-0.3, -0.25) is 0 Å². The first kappa shape index (κ1) is 33.4. The molecule has 228 valence electrons. The van der Waals surface area contributed by atoms with Gasteiger partial charge in [0.15, 0.2) is 0 Å². The van der Waals surface area contributed by atoms with E-state index in [-0.39, 0.29) is 5.41 Å². The third-order valence-corrected chi connectivity index (χ3v) is 10.7. The zero-order chi connectivity index (χ0) is 31.0. The van der Waals surface area contributed by atoms with Gasteiger partial charge in [-0.1, -0.05) is 106 Å². The van der Waals surface area contributed by atoms with Crippen molar-refractivity contribution in [1.29, 1.82) is 0 Å². The molecule has 0 saturated heterocycles. The van der Waals surface area contributed by atoms with Gasteiger partial charge in [-0.15, -0.1) is 18.2 Å². The monoisotopic (exact) mass is 610 g/mol. The van der Waals surface area contributed by atoms with Gasteiger partial charge in [0, 0.05) is 11.1 Å². The fraction of sp³-hybridized carbons (Fsp3) is 0.415. The lowest BCUT2D eigenvalue weighted by atomic mass is 9.79. The Morgan fingerprint density at radius 2 is 1.72 bits per heavy atom. The first-order valence-corrected chi connectivity index (χ1v) is 17.6. The van der Waals surface area contributed by atoms with Crippen molar-refractivity contribution in [3.05, 3.63) is 131 Å². The van der Waals surface area contributed by atoms with Crippen LogP contribution in [-0.2, 0) is 18.7 Å². The normalized spacial score (nSPS) is 15.9. The molecule has 3 aromatic rings. The first-order chi connectivity index (χ1) is 20.6. The minimum Gasteiger partial charge on any atom is -0.153 e. The third-order valence-electron chi connectivity index (χ3n) is 8.79. The Kier molecular flexibility index (Phi) is 11.7. The number of aryl methyl sites for hydroxylation is 1. The van der Waals surface area contributed by atoms with Crippen molar-refractivity contribution in [3.63, 3.8) is 0 Å². The average molecular weight is 611 g/mol. The molecule has 0 aliphatic heterocycles. The van der Waals surface area contributed by atoms with Crippen molar-refractivity contribution in [1.82, 2.24) is 0 Å². The van der Waals surface area contributed by atoms with Crippen LogP contribution in [0.3, 0.4) is 0 Å². The van der Waals surface area contributed by atoms with Gasteiger partial charge in [-0.05, 0) is 126 Å². The molecule has 2 heteroatoms. The van der Waals surface area contributed by atoms with Crippen molar-refractivity contribution in [2.24, 2.45) is 10.8 Å². The van der Waals surface area contributed by atoms with Crippen molar-refractivity contribution in [2.75, 3.05) is 5.75 Å². The van der Waals surface area contributed by atoms with Gasteiger partial charge in [0.2, 0.25) is 0 Å². The zero-order valence-electron chi connectivity index (χ0n) is 27.1. The molecular weight excluding hydrogens is 560 g/mol. The molecule has 4 rings (SSSR count). The van der Waals surface area contributed by atoms with Crippen LogP contribution in [-0.4, -0.2) is 5.75 Å². The van der Waals surface area contributed by atoms with Crippen LogP contribution in [0.4, 0.5) is 0 Å². The van der Waals surface area contributed by atoms with E-state index in [4.69, 9.17) is 11.6 Å². The third kappa shape index (κ3) is 9.50. The maximum absolute atomic E-state index is 6.16. The molecule has 0 amide bonds. The molecule has 0 spiro atoms. The summed E-state index contributed by atoms with van der Waals surface area (Å²) >= 11 is 8.32. The highest BCUT2D eigenvalue weighted by molar-refractivity contribution is 7.99. The molecule has 43 heavy (non-hydrogen) atoms. The Hall–Kier alpha value is -2.48. The van der Waals surface area contributed by atoms with Gasteiger partial charge in [-0.2, -0.15) is 11.8 Å². The Balaban J connectivity index is 1.53. The van der Waals surface area contributed by atoms with Crippen LogP contribution in [0.1, 0.15) is 94.2 Å². The molecule has 1 aliphatic carbocycles. The number of rotatable bonds is 15. The molecule has 0 radical (unpaired) electrons. The number of fused-ring (bicyclic) bond motifs is 1. The molecule has 1 fully saturated rings. The minimum absolute atomic E-state index is 0.109. The number of benzene rings is 3. The van der Waals surface area contributed by atoms with Gasteiger partial charge in [0.05, 0.1) is 0 Å². The lowest BCUT2D eigenvalue weighted by molar-refractivity contribution is 0.505. The molecule has 0 heterocycles. The summed E-state index contributed by atoms with van der Waals surface area (Å²) in [7, 11) is 0. The average Bonchev–Trinajstić information content (AvgIpc) is 3.74. The second kappa shape index (κ2) is 15.0. The van der Waals surface area contributed by atoms with E-state index in [0.717, 1.165) is 32.1 Å². The summed E-state index contributed by atoms with van der Waals surface area (Å²) in [5.74, 6) is 1.75. The first-order valence-electron chi connectivity index (χ1n) is 16.0. The second-order valence-electron chi connectivity index (χ2n) is 13.8. The molecule has 1 saturated carbocycles.